The Morgan fingerprint density at radius 3 is 2.40 bits per heavy atom. The molecule has 5 aliphatic rings. The average molecular weight is 738 g/mol. The van der Waals surface area contributed by atoms with Crippen LogP contribution in [0, 0.1) is 68.5 Å². The van der Waals surface area contributed by atoms with E-state index >= 15 is 0 Å². The molecule has 12 atom stereocenters. The third-order valence-electron chi connectivity index (χ3n) is 16.7. The van der Waals surface area contributed by atoms with Crippen molar-refractivity contribution < 1.29 is 24.2 Å². The Kier molecular flexibility index (Phi) is 10.4. The lowest BCUT2D eigenvalue weighted by atomic mass is 9.34. The molecule has 10 nitrogen and oxygen atoms in total. The van der Waals surface area contributed by atoms with E-state index in [1.807, 2.05) is 4.68 Å². The second-order valence-corrected chi connectivity index (χ2v) is 20.6. The number of fused-ring (bicyclic) bond motifs is 3. The molecule has 0 spiro atoms. The summed E-state index contributed by atoms with van der Waals surface area (Å²) < 4.78 is 15.7. The van der Waals surface area contributed by atoms with Crippen LogP contribution < -0.4 is 11.1 Å². The minimum Gasteiger partial charge on any atom is -0.481 e. The number of hydrogen-bond donors (Lipinski definition) is 3. The fourth-order valence-corrected chi connectivity index (χ4v) is 12.6. The molecule has 0 aromatic carbocycles. The first kappa shape index (κ1) is 40.4. The molecule has 1 saturated heterocycles. The van der Waals surface area contributed by atoms with Gasteiger partial charge in [-0.15, -0.1) is 0 Å². The van der Waals surface area contributed by atoms with Gasteiger partial charge in [0.15, 0.2) is 0 Å². The van der Waals surface area contributed by atoms with Crippen LogP contribution in [0.5, 0.6) is 0 Å². The molecule has 1 aromatic heterocycles. The molecule has 298 valence electrons. The van der Waals surface area contributed by atoms with E-state index in [0.717, 1.165) is 32.1 Å². The quantitative estimate of drug-likeness (QED) is 0.198. The van der Waals surface area contributed by atoms with Crippen LogP contribution in [-0.4, -0.2) is 69.8 Å². The van der Waals surface area contributed by atoms with E-state index in [2.05, 4.69) is 99.5 Å². The maximum Gasteiger partial charge on any atom is 0.307 e. The molecule has 53 heavy (non-hydrogen) atoms. The highest BCUT2D eigenvalue weighted by Crippen LogP contribution is 2.75. The highest BCUT2D eigenvalue weighted by molar-refractivity contribution is 5.90. The fourth-order valence-electron chi connectivity index (χ4n) is 12.6. The fraction of sp³-hybridized carbons (Fsp3) is 0.860. The molecule has 10 heteroatoms. The Bertz CT molecular complexity index is 1590. The highest BCUT2D eigenvalue weighted by Gasteiger charge is 2.72. The first-order chi connectivity index (χ1) is 24.6. The van der Waals surface area contributed by atoms with E-state index in [4.69, 9.17) is 20.3 Å². The van der Waals surface area contributed by atoms with E-state index in [1.165, 1.54) is 11.9 Å². The first-order valence-electron chi connectivity index (χ1n) is 20.7. The standard InChI is InChI=1S/C43H71N5O5/c1-25(2)20-45-36(49)35-46-24-47-48(35)31-19-43-23-52-21-39(9,34(31)53-22-42(12,44)27(5)6)32(43)14-13-29-30(43)15-16-41(11)33(37(50)51)38(8,28(7)26(3)4)17-18-40(29,41)10/h15,24-29,31-34H,13-14,16-23,44H2,1-12H3,(H,45,49)(H,50,51)/t28-,29+,31-,32+,33-,34+,38-,39-,40-,41+,42+,43+/m1/s1. The number of ether oxygens (including phenoxy) is 2. The van der Waals surface area contributed by atoms with Gasteiger partial charge in [0.2, 0.25) is 5.82 Å². The van der Waals surface area contributed by atoms with Crippen LogP contribution >= 0.6 is 0 Å². The number of nitrogens with two attached hydrogens (primary N) is 1. The SMILES string of the molecule is CC(C)CNC(=O)c1ncnn1[C@@H]1C[C@@]23COC[C@](C)([C@@H]2CC[C@H]2C3=CC[C@@]3(C)[C@H](C(=O)O)[C@@](C)([C@H](C)C(C)C)CC[C@]23C)[C@H]1OC[C@](C)(N)C(C)C. The molecule has 4 N–H and O–H groups in total. The molecule has 2 heterocycles. The number of aromatic nitrogens is 3. The Balaban J connectivity index is 1.46. The molecule has 4 aliphatic carbocycles. The molecule has 1 aliphatic heterocycles. The van der Waals surface area contributed by atoms with Crippen LogP contribution in [-0.2, 0) is 14.3 Å². The van der Waals surface area contributed by atoms with E-state index in [9.17, 15) is 14.7 Å². The van der Waals surface area contributed by atoms with Crippen molar-refractivity contribution in [3.63, 3.8) is 0 Å². The molecular weight excluding hydrogens is 667 g/mol. The van der Waals surface area contributed by atoms with Gasteiger partial charge in [-0.25, -0.2) is 9.67 Å². The van der Waals surface area contributed by atoms with Gasteiger partial charge in [-0.05, 0) is 97.2 Å². The molecule has 3 saturated carbocycles. The van der Waals surface area contributed by atoms with Crippen molar-refractivity contribution in [3.8, 4) is 0 Å². The second kappa shape index (κ2) is 13.7. The summed E-state index contributed by atoms with van der Waals surface area (Å²) >= 11 is 0. The van der Waals surface area contributed by atoms with Crippen molar-refractivity contribution in [1.29, 1.82) is 0 Å². The minimum absolute atomic E-state index is 0.194. The summed E-state index contributed by atoms with van der Waals surface area (Å²) in [5.74, 6) is 0.696. The minimum atomic E-state index is -0.647. The van der Waals surface area contributed by atoms with Gasteiger partial charge in [-0.3, -0.25) is 9.59 Å². The van der Waals surface area contributed by atoms with Crippen molar-refractivity contribution in [2.45, 2.75) is 139 Å². The zero-order chi connectivity index (χ0) is 39.1. The van der Waals surface area contributed by atoms with Crippen LogP contribution in [0.15, 0.2) is 18.0 Å². The summed E-state index contributed by atoms with van der Waals surface area (Å²) in [6.07, 6.45) is 9.04. The van der Waals surface area contributed by atoms with Gasteiger partial charge in [0.1, 0.15) is 6.33 Å². The lowest BCUT2D eigenvalue weighted by molar-refractivity contribution is -0.252. The summed E-state index contributed by atoms with van der Waals surface area (Å²) in [5.41, 5.74) is 6.16. The zero-order valence-corrected chi connectivity index (χ0v) is 34.9. The maximum atomic E-state index is 13.7. The number of carboxylic acids is 1. The van der Waals surface area contributed by atoms with Gasteiger partial charge in [0.25, 0.3) is 5.91 Å². The zero-order valence-electron chi connectivity index (χ0n) is 34.9. The average Bonchev–Trinajstić information content (AvgIpc) is 3.56. The summed E-state index contributed by atoms with van der Waals surface area (Å²) in [5, 5.41) is 19.0. The van der Waals surface area contributed by atoms with Gasteiger partial charge < -0.3 is 25.6 Å². The van der Waals surface area contributed by atoms with Crippen molar-refractivity contribution in [1.82, 2.24) is 20.1 Å². The second-order valence-electron chi connectivity index (χ2n) is 20.6. The third kappa shape index (κ3) is 6.05. The van der Waals surface area contributed by atoms with E-state index in [1.54, 1.807) is 0 Å². The van der Waals surface area contributed by atoms with Crippen LogP contribution in [0.1, 0.15) is 138 Å². The number of hydrogen-bond acceptors (Lipinski definition) is 7. The Morgan fingerprint density at radius 1 is 1.08 bits per heavy atom. The molecule has 4 fully saturated rings. The normalized spacial score (nSPS) is 41.2. The molecule has 6 rings (SSSR count). The van der Waals surface area contributed by atoms with E-state index in [-0.39, 0.29) is 63.4 Å². The van der Waals surface area contributed by atoms with Gasteiger partial charge >= 0.3 is 5.97 Å². The number of carboxylic acid groups (broad SMARTS) is 1. The maximum absolute atomic E-state index is 13.7. The van der Waals surface area contributed by atoms with Gasteiger partial charge in [0, 0.05) is 22.9 Å². The smallest absolute Gasteiger partial charge is 0.307 e. The van der Waals surface area contributed by atoms with Gasteiger partial charge in [-0.2, -0.15) is 5.10 Å². The van der Waals surface area contributed by atoms with Gasteiger partial charge in [-0.1, -0.05) is 87.8 Å². The highest BCUT2D eigenvalue weighted by atomic mass is 16.5. The molecule has 1 amide bonds. The van der Waals surface area contributed by atoms with Gasteiger partial charge in [0.05, 0.1) is 37.9 Å². The number of carbonyl (C=O) groups excluding carboxylic acids is 1. The predicted molar refractivity (Wildman–Crippen MR) is 207 cm³/mol. The monoisotopic (exact) mass is 738 g/mol. The van der Waals surface area contributed by atoms with Crippen molar-refractivity contribution >= 4 is 11.9 Å². The molecule has 1 aromatic rings. The molecular formula is C43H71N5O5. The number of rotatable bonds is 11. The van der Waals surface area contributed by atoms with Crippen molar-refractivity contribution in [2.75, 3.05) is 26.4 Å². The van der Waals surface area contributed by atoms with Crippen LogP contribution in [0.2, 0.25) is 0 Å². The Morgan fingerprint density at radius 2 is 1.77 bits per heavy atom. The number of carbonyl (C=O) groups is 2. The van der Waals surface area contributed by atoms with Crippen molar-refractivity contribution in [3.05, 3.63) is 23.8 Å². The van der Waals surface area contributed by atoms with E-state index in [0.29, 0.717) is 50.4 Å². The molecule has 0 radical (unpaired) electrons. The number of allylic oxidation sites excluding steroid dienone is 1. The number of aliphatic carboxylic acids is 1. The Hall–Kier alpha value is -2.30. The number of amides is 1. The lowest BCUT2D eigenvalue weighted by Crippen LogP contribution is -2.69. The first-order valence-corrected chi connectivity index (χ1v) is 20.7. The summed E-state index contributed by atoms with van der Waals surface area (Å²) in [6, 6.07) is -0.278. The van der Waals surface area contributed by atoms with Crippen LogP contribution in [0.25, 0.3) is 0 Å². The summed E-state index contributed by atoms with van der Waals surface area (Å²) in [4.78, 5) is 31.8. The van der Waals surface area contributed by atoms with Crippen LogP contribution in [0.4, 0.5) is 0 Å². The lowest BCUT2D eigenvalue weighted by Gasteiger charge is -2.71. The van der Waals surface area contributed by atoms with Crippen LogP contribution in [0.3, 0.4) is 0 Å². The summed E-state index contributed by atoms with van der Waals surface area (Å²) in [7, 11) is 0. The molecule has 0 unspecified atom stereocenters. The molecule has 2 bridgehead atoms. The number of nitrogens with one attached hydrogen (secondary N) is 1. The topological polar surface area (TPSA) is 142 Å². The largest absolute Gasteiger partial charge is 0.481 e. The summed E-state index contributed by atoms with van der Waals surface area (Å²) in [6.45, 7) is 28.6. The third-order valence-corrected chi connectivity index (χ3v) is 16.7. The number of nitrogens with zero attached hydrogens (tertiary/aromatic N) is 3. The predicted octanol–water partition coefficient (Wildman–Crippen LogP) is 7.55. The Labute approximate surface area is 319 Å². The van der Waals surface area contributed by atoms with Crippen molar-refractivity contribution in [2.24, 2.45) is 74.2 Å². The van der Waals surface area contributed by atoms with E-state index < -0.39 is 22.8 Å².